The van der Waals surface area contributed by atoms with Crippen LogP contribution in [0.5, 0.6) is 0 Å². The molecule has 0 saturated carbocycles. The summed E-state index contributed by atoms with van der Waals surface area (Å²) in [6, 6.07) is 9.75. The highest BCUT2D eigenvalue weighted by Gasteiger charge is 2.35. The molecule has 4 amide bonds. The number of hydrogen-bond donors (Lipinski definition) is 3. The molecule has 2 heterocycles. The summed E-state index contributed by atoms with van der Waals surface area (Å²) in [5.41, 5.74) is 1.71. The van der Waals surface area contributed by atoms with E-state index in [0.717, 1.165) is 43.5 Å². The number of amides is 4. The van der Waals surface area contributed by atoms with Gasteiger partial charge in [0.2, 0.25) is 0 Å². The number of rotatable bonds is 11. The number of carbonyl (C=O) groups excluding carboxylic acids is 4. The fourth-order valence-electron chi connectivity index (χ4n) is 4.81. The van der Waals surface area contributed by atoms with Gasteiger partial charge < -0.3 is 30.1 Å². The SMILES string of the molecule is Cc1csc(C(=O)NCCN(C)C(=O)OC(C)(C)C)c1NC(=O)C[N+]1(CC(=O)NCc2ccccc2)CCCCC1. The largest absolute Gasteiger partial charge is 0.444 e. The number of nitrogens with zero attached hydrogens (tertiary/aromatic N) is 2. The van der Waals surface area contributed by atoms with E-state index in [2.05, 4.69) is 16.0 Å². The number of likely N-dealkylation sites (N-methyl/N-ethyl adjacent to an activating group) is 1. The molecule has 10 nitrogen and oxygen atoms in total. The zero-order valence-corrected chi connectivity index (χ0v) is 25.7. The maximum Gasteiger partial charge on any atom is 0.410 e. The number of aryl methyl sites for hydroxylation is 1. The van der Waals surface area contributed by atoms with Gasteiger partial charge in [-0.15, -0.1) is 11.3 Å². The van der Waals surface area contributed by atoms with Crippen LogP contribution in [0.2, 0.25) is 0 Å². The summed E-state index contributed by atoms with van der Waals surface area (Å²) in [7, 11) is 1.61. The lowest BCUT2D eigenvalue weighted by Gasteiger charge is -2.40. The first kappa shape index (κ1) is 32.1. The first-order valence-corrected chi connectivity index (χ1v) is 15.0. The Bertz CT molecular complexity index is 1200. The molecule has 0 radical (unpaired) electrons. The van der Waals surface area contributed by atoms with Crippen LogP contribution in [0.25, 0.3) is 0 Å². The van der Waals surface area contributed by atoms with Crippen LogP contribution >= 0.6 is 11.3 Å². The number of anilines is 1. The molecule has 1 aromatic heterocycles. The number of nitrogens with one attached hydrogen (secondary N) is 3. The summed E-state index contributed by atoms with van der Waals surface area (Å²) in [5.74, 6) is -0.618. The molecule has 1 fully saturated rings. The van der Waals surface area contributed by atoms with E-state index >= 15 is 0 Å². The van der Waals surface area contributed by atoms with Crippen molar-refractivity contribution in [1.82, 2.24) is 15.5 Å². The number of hydrogen-bond acceptors (Lipinski definition) is 6. The lowest BCUT2D eigenvalue weighted by molar-refractivity contribution is -0.917. The molecule has 0 spiro atoms. The van der Waals surface area contributed by atoms with E-state index in [1.54, 1.807) is 27.8 Å². The lowest BCUT2D eigenvalue weighted by atomic mass is 10.1. The maximum atomic E-state index is 13.3. The second kappa shape index (κ2) is 14.5. The number of quaternary nitrogens is 1. The zero-order valence-electron chi connectivity index (χ0n) is 24.9. The van der Waals surface area contributed by atoms with Crippen molar-refractivity contribution in [2.24, 2.45) is 0 Å². The topological polar surface area (TPSA) is 117 Å². The van der Waals surface area contributed by atoms with Gasteiger partial charge in [0.25, 0.3) is 17.7 Å². The third-order valence-corrected chi connectivity index (χ3v) is 8.04. The minimum absolute atomic E-state index is 0.0771. The van der Waals surface area contributed by atoms with Crippen LogP contribution in [0.3, 0.4) is 0 Å². The third-order valence-electron chi connectivity index (χ3n) is 6.94. The summed E-state index contributed by atoms with van der Waals surface area (Å²) in [6.45, 7) is 10.1. The fourth-order valence-corrected chi connectivity index (χ4v) is 5.73. The number of piperidine rings is 1. The first-order chi connectivity index (χ1) is 19.4. The van der Waals surface area contributed by atoms with Gasteiger partial charge in [0, 0.05) is 26.7 Å². The predicted octanol–water partition coefficient (Wildman–Crippen LogP) is 3.91. The normalized spacial score (nSPS) is 14.6. The number of benzene rings is 1. The van der Waals surface area contributed by atoms with Crippen LogP contribution in [0, 0.1) is 6.92 Å². The summed E-state index contributed by atoms with van der Waals surface area (Å²) in [5, 5.41) is 10.6. The van der Waals surface area contributed by atoms with Crippen LogP contribution in [0.1, 0.15) is 60.8 Å². The molecule has 0 bridgehead atoms. The molecule has 0 atom stereocenters. The van der Waals surface area contributed by atoms with Gasteiger partial charge in [-0.25, -0.2) is 4.79 Å². The Morgan fingerprint density at radius 3 is 2.29 bits per heavy atom. The van der Waals surface area contributed by atoms with E-state index in [1.165, 1.54) is 16.2 Å². The summed E-state index contributed by atoms with van der Waals surface area (Å²) < 4.78 is 5.74. The summed E-state index contributed by atoms with van der Waals surface area (Å²) >= 11 is 1.26. The van der Waals surface area contributed by atoms with Gasteiger partial charge in [-0.05, 0) is 63.5 Å². The van der Waals surface area contributed by atoms with E-state index in [0.29, 0.717) is 21.6 Å². The molecule has 3 N–H and O–H groups in total. The van der Waals surface area contributed by atoms with Crippen molar-refractivity contribution in [3.8, 4) is 0 Å². The van der Waals surface area contributed by atoms with Crippen molar-refractivity contribution in [2.75, 3.05) is 51.6 Å². The second-order valence-corrected chi connectivity index (χ2v) is 12.6. The van der Waals surface area contributed by atoms with Crippen LogP contribution < -0.4 is 16.0 Å². The Labute approximate surface area is 247 Å². The van der Waals surface area contributed by atoms with Gasteiger partial charge in [0.15, 0.2) is 13.1 Å². The molecule has 1 aliphatic rings. The molecule has 11 heteroatoms. The van der Waals surface area contributed by atoms with Crippen molar-refractivity contribution in [3.05, 3.63) is 51.7 Å². The standard InChI is InChI=1S/C30H43N5O5S/c1-22-21-41-27(28(38)31-14-15-34(5)29(39)40-30(2,3)4)26(22)33-25(37)20-35(16-10-7-11-17-35)19-24(36)32-18-23-12-8-6-9-13-23/h6,8-9,12-13,21H,7,10-11,14-20H2,1-5H3,(H2-,31,32,33,36,37,38)/p+1. The molecule has 3 rings (SSSR count). The van der Waals surface area contributed by atoms with Crippen molar-refractivity contribution >= 4 is 40.8 Å². The van der Waals surface area contributed by atoms with E-state index < -0.39 is 11.7 Å². The first-order valence-electron chi connectivity index (χ1n) is 14.1. The fraction of sp³-hybridized carbons (Fsp3) is 0.533. The van der Waals surface area contributed by atoms with Crippen LogP contribution in [0.15, 0.2) is 35.7 Å². The summed E-state index contributed by atoms with van der Waals surface area (Å²) in [4.78, 5) is 53.2. The van der Waals surface area contributed by atoms with E-state index in [-0.39, 0.29) is 43.9 Å². The maximum absolute atomic E-state index is 13.3. The monoisotopic (exact) mass is 586 g/mol. The van der Waals surface area contributed by atoms with Crippen molar-refractivity contribution in [3.63, 3.8) is 0 Å². The predicted molar refractivity (Wildman–Crippen MR) is 161 cm³/mol. The van der Waals surface area contributed by atoms with Crippen LogP contribution in [-0.4, -0.2) is 85.1 Å². The number of thiophene rings is 1. The van der Waals surface area contributed by atoms with E-state index in [4.69, 9.17) is 4.74 Å². The smallest absolute Gasteiger partial charge is 0.410 e. The molecule has 0 unspecified atom stereocenters. The molecule has 1 aromatic carbocycles. The second-order valence-electron chi connectivity index (χ2n) is 11.8. The highest BCUT2D eigenvalue weighted by Crippen LogP contribution is 2.28. The molecule has 0 aliphatic carbocycles. The zero-order chi connectivity index (χ0) is 30.0. The quantitative estimate of drug-likeness (QED) is 0.345. The Morgan fingerprint density at radius 2 is 1.63 bits per heavy atom. The van der Waals surface area contributed by atoms with E-state index in [9.17, 15) is 19.2 Å². The van der Waals surface area contributed by atoms with Gasteiger partial charge in [0.05, 0.1) is 18.8 Å². The molecule has 41 heavy (non-hydrogen) atoms. The van der Waals surface area contributed by atoms with Gasteiger partial charge in [-0.3, -0.25) is 14.4 Å². The molecule has 2 aromatic rings. The van der Waals surface area contributed by atoms with E-state index in [1.807, 2.05) is 42.6 Å². The molecular weight excluding hydrogens is 542 g/mol. The van der Waals surface area contributed by atoms with Crippen molar-refractivity contribution < 1.29 is 28.4 Å². The molecule has 1 saturated heterocycles. The molecule has 224 valence electrons. The van der Waals surface area contributed by atoms with Gasteiger partial charge in [-0.1, -0.05) is 30.3 Å². The summed E-state index contributed by atoms with van der Waals surface area (Å²) in [6.07, 6.45) is 2.55. The van der Waals surface area contributed by atoms with Crippen LogP contribution in [-0.2, 0) is 20.9 Å². The number of carbonyl (C=O) groups is 4. The van der Waals surface area contributed by atoms with Crippen molar-refractivity contribution in [1.29, 1.82) is 0 Å². The van der Waals surface area contributed by atoms with Crippen molar-refractivity contribution in [2.45, 2.75) is 59.1 Å². The minimum atomic E-state index is -0.600. The van der Waals surface area contributed by atoms with Gasteiger partial charge >= 0.3 is 6.09 Å². The number of ether oxygens (including phenoxy) is 1. The molecule has 1 aliphatic heterocycles. The Hall–Kier alpha value is -3.44. The number of likely N-dealkylation sites (tertiary alicyclic amines) is 1. The molecular formula is C30H44N5O5S+. The Balaban J connectivity index is 1.57. The average Bonchev–Trinajstić information content (AvgIpc) is 3.27. The third kappa shape index (κ3) is 10.2. The highest BCUT2D eigenvalue weighted by molar-refractivity contribution is 7.13. The average molecular weight is 587 g/mol. The lowest BCUT2D eigenvalue weighted by Crippen LogP contribution is -2.59. The van der Waals surface area contributed by atoms with Gasteiger partial charge in [-0.2, -0.15) is 0 Å². The van der Waals surface area contributed by atoms with Crippen LogP contribution in [0.4, 0.5) is 10.5 Å². The Kier molecular flexibility index (Phi) is 11.3. The minimum Gasteiger partial charge on any atom is -0.444 e. The highest BCUT2D eigenvalue weighted by atomic mass is 32.1. The van der Waals surface area contributed by atoms with Gasteiger partial charge in [0.1, 0.15) is 10.5 Å². The Morgan fingerprint density at radius 1 is 0.976 bits per heavy atom.